The van der Waals surface area contributed by atoms with E-state index in [0.29, 0.717) is 12.8 Å². The molecule has 0 aromatic carbocycles. The van der Waals surface area contributed by atoms with Crippen molar-refractivity contribution in [3.63, 3.8) is 0 Å². The third-order valence-electron chi connectivity index (χ3n) is 8.40. The van der Waals surface area contributed by atoms with E-state index in [2.05, 4.69) is 93.3 Å². The third-order valence-corrected chi connectivity index (χ3v) is 11.0. The summed E-state index contributed by atoms with van der Waals surface area (Å²) in [5.74, 6) is -0.116. The molecule has 0 aromatic rings. The Labute approximate surface area is 235 Å². The summed E-state index contributed by atoms with van der Waals surface area (Å²) in [4.78, 5) is 27.2. The van der Waals surface area contributed by atoms with Gasteiger partial charge in [-0.1, -0.05) is 25.7 Å². The molecule has 0 saturated carbocycles. The minimum absolute atomic E-state index is 0.0000600. The summed E-state index contributed by atoms with van der Waals surface area (Å²) in [7, 11) is 2.16. The van der Waals surface area contributed by atoms with E-state index < -0.39 is 0 Å². The topological polar surface area (TPSA) is 59.1 Å². The summed E-state index contributed by atoms with van der Waals surface area (Å²) in [6, 6.07) is 0. The van der Waals surface area contributed by atoms with E-state index in [0.717, 1.165) is 64.2 Å². The van der Waals surface area contributed by atoms with Crippen molar-refractivity contribution in [1.29, 1.82) is 0 Å². The van der Waals surface area contributed by atoms with E-state index in [1.807, 2.05) is 0 Å². The lowest BCUT2D eigenvalue weighted by Gasteiger charge is -2.53. The molecule has 0 bridgehead atoms. The summed E-state index contributed by atoms with van der Waals surface area (Å²) in [5, 5.41) is 0. The summed E-state index contributed by atoms with van der Waals surface area (Å²) in [6.07, 6.45) is 10.5. The maximum Gasteiger partial charge on any atom is 0.306 e. The summed E-state index contributed by atoms with van der Waals surface area (Å²) >= 11 is 2.41. The number of halogens is 1. The van der Waals surface area contributed by atoms with Crippen LogP contribution in [0, 0.1) is 0 Å². The number of likely N-dealkylation sites (tertiary alicyclic amines) is 1. The molecule has 0 N–H and O–H groups in total. The minimum atomic E-state index is -0.0588. The SMILES string of the molecule is CN1C(C)(C)CC(OC(=O)CCCCCCCCC(=O)OC2CC(C)(C)N(I)C(C)(C)C2)CC1(C)C. The summed E-state index contributed by atoms with van der Waals surface area (Å²) in [6.45, 7) is 17.8. The maximum absolute atomic E-state index is 12.4. The molecular formula is C29H53IN2O4. The molecule has 2 heterocycles. The van der Waals surface area contributed by atoms with Crippen molar-refractivity contribution in [3.05, 3.63) is 0 Å². The fourth-order valence-electron chi connectivity index (χ4n) is 6.35. The van der Waals surface area contributed by atoms with Gasteiger partial charge in [0.1, 0.15) is 12.2 Å². The van der Waals surface area contributed by atoms with Gasteiger partial charge >= 0.3 is 11.9 Å². The van der Waals surface area contributed by atoms with Crippen molar-refractivity contribution in [2.45, 2.75) is 167 Å². The lowest BCUT2D eigenvalue weighted by molar-refractivity contribution is -0.159. The number of unbranched alkanes of at least 4 members (excludes halogenated alkanes) is 5. The Morgan fingerprint density at radius 3 is 1.31 bits per heavy atom. The monoisotopic (exact) mass is 620 g/mol. The van der Waals surface area contributed by atoms with Crippen LogP contribution in [-0.4, -0.2) is 61.4 Å². The molecule has 0 spiro atoms. The molecule has 0 atom stereocenters. The highest BCUT2D eigenvalue weighted by Crippen LogP contribution is 2.42. The van der Waals surface area contributed by atoms with E-state index >= 15 is 0 Å². The number of esters is 2. The zero-order chi connectivity index (χ0) is 27.4. The van der Waals surface area contributed by atoms with Crippen molar-refractivity contribution < 1.29 is 19.1 Å². The molecule has 0 aromatic heterocycles. The zero-order valence-corrected chi connectivity index (χ0v) is 26.7. The Hall–Kier alpha value is -0.410. The zero-order valence-electron chi connectivity index (χ0n) is 24.5. The average molecular weight is 621 g/mol. The minimum Gasteiger partial charge on any atom is -0.462 e. The van der Waals surface area contributed by atoms with Crippen molar-refractivity contribution >= 4 is 34.8 Å². The normalized spacial score (nSPS) is 24.4. The average Bonchev–Trinajstić information content (AvgIpc) is 2.71. The Morgan fingerprint density at radius 2 is 0.944 bits per heavy atom. The van der Waals surface area contributed by atoms with Gasteiger partial charge in [0.2, 0.25) is 0 Å². The molecule has 2 rings (SSSR count). The van der Waals surface area contributed by atoms with Crippen LogP contribution in [0.3, 0.4) is 0 Å². The number of hydrogen-bond acceptors (Lipinski definition) is 6. The number of ether oxygens (including phenoxy) is 2. The second-order valence-electron chi connectivity index (χ2n) is 13.8. The van der Waals surface area contributed by atoms with Gasteiger partial charge in [-0.2, -0.15) is 0 Å². The molecule has 6 nitrogen and oxygen atoms in total. The van der Waals surface area contributed by atoms with E-state index in [1.54, 1.807) is 0 Å². The van der Waals surface area contributed by atoms with Gasteiger partial charge in [0.15, 0.2) is 0 Å². The van der Waals surface area contributed by atoms with E-state index in [4.69, 9.17) is 9.47 Å². The van der Waals surface area contributed by atoms with E-state index in [-0.39, 0.29) is 46.3 Å². The highest BCUT2D eigenvalue weighted by molar-refractivity contribution is 14.1. The molecule has 210 valence electrons. The van der Waals surface area contributed by atoms with Gasteiger partial charge in [-0.25, -0.2) is 3.11 Å². The van der Waals surface area contributed by atoms with Crippen LogP contribution in [0.2, 0.25) is 0 Å². The van der Waals surface area contributed by atoms with Crippen LogP contribution in [0.25, 0.3) is 0 Å². The predicted octanol–water partition coefficient (Wildman–Crippen LogP) is 7.22. The van der Waals surface area contributed by atoms with Crippen molar-refractivity contribution in [1.82, 2.24) is 8.01 Å². The first kappa shape index (κ1) is 31.8. The molecule has 2 aliphatic rings. The first-order chi connectivity index (χ1) is 16.5. The third kappa shape index (κ3) is 9.11. The first-order valence-corrected chi connectivity index (χ1v) is 15.0. The Bertz CT molecular complexity index is 652. The van der Waals surface area contributed by atoms with Crippen LogP contribution in [-0.2, 0) is 19.1 Å². The van der Waals surface area contributed by atoms with Gasteiger partial charge in [-0.3, -0.25) is 14.5 Å². The highest BCUT2D eigenvalue weighted by Gasteiger charge is 2.46. The molecule has 0 aliphatic carbocycles. The summed E-state index contributed by atoms with van der Waals surface area (Å²) < 4.78 is 14.1. The maximum atomic E-state index is 12.4. The van der Waals surface area contributed by atoms with Gasteiger partial charge in [0.05, 0.1) is 0 Å². The lowest BCUT2D eigenvalue weighted by Crippen LogP contribution is -2.60. The van der Waals surface area contributed by atoms with Gasteiger partial charge in [-0.15, -0.1) is 0 Å². The predicted molar refractivity (Wildman–Crippen MR) is 155 cm³/mol. The van der Waals surface area contributed by atoms with Crippen LogP contribution in [0.15, 0.2) is 0 Å². The van der Waals surface area contributed by atoms with Crippen LogP contribution >= 0.6 is 22.9 Å². The number of rotatable bonds is 11. The van der Waals surface area contributed by atoms with Crippen molar-refractivity contribution in [2.24, 2.45) is 0 Å². The number of carbonyl (C=O) groups is 2. The Balaban J connectivity index is 1.54. The number of piperidine rings is 2. The Morgan fingerprint density at radius 1 is 0.639 bits per heavy atom. The van der Waals surface area contributed by atoms with Crippen molar-refractivity contribution in [3.8, 4) is 0 Å². The molecular weight excluding hydrogens is 567 g/mol. The first-order valence-electron chi connectivity index (χ1n) is 14.1. The lowest BCUT2D eigenvalue weighted by atomic mass is 9.79. The molecule has 7 heteroatoms. The van der Waals surface area contributed by atoms with Gasteiger partial charge in [0.25, 0.3) is 0 Å². The van der Waals surface area contributed by atoms with Gasteiger partial charge in [-0.05, 0) is 75.3 Å². The van der Waals surface area contributed by atoms with E-state index in [1.165, 1.54) is 0 Å². The van der Waals surface area contributed by atoms with Crippen molar-refractivity contribution in [2.75, 3.05) is 7.05 Å². The second kappa shape index (κ2) is 12.6. The fraction of sp³-hybridized carbons (Fsp3) is 0.931. The molecule has 36 heavy (non-hydrogen) atoms. The largest absolute Gasteiger partial charge is 0.462 e. The number of carbonyl (C=O) groups excluding carboxylic acids is 2. The standard InChI is InChI=1S/C29H53IN2O4/c1-26(2)18-22(19-27(3,4)31(26)9)35-24(33)16-14-12-10-11-13-15-17-25(34)36-23-20-28(5,6)32(30)29(7,8)21-23/h22-23H,10-21H2,1-9H3. The molecule has 0 radical (unpaired) electrons. The smallest absolute Gasteiger partial charge is 0.306 e. The van der Waals surface area contributed by atoms with Crippen LogP contribution < -0.4 is 0 Å². The van der Waals surface area contributed by atoms with Crippen LogP contribution in [0.5, 0.6) is 0 Å². The van der Waals surface area contributed by atoms with E-state index in [9.17, 15) is 9.59 Å². The highest BCUT2D eigenvalue weighted by atomic mass is 127. The second-order valence-corrected chi connectivity index (χ2v) is 14.7. The fourth-order valence-corrected chi connectivity index (χ4v) is 6.74. The number of hydrogen-bond donors (Lipinski definition) is 0. The molecule has 2 fully saturated rings. The number of nitrogens with zero attached hydrogens (tertiary/aromatic N) is 2. The van der Waals surface area contributed by atoms with Gasteiger partial charge in [0, 0.05) is 83.5 Å². The molecule has 0 amide bonds. The summed E-state index contributed by atoms with van der Waals surface area (Å²) in [5.41, 5.74) is 0.0815. The van der Waals surface area contributed by atoms with Crippen LogP contribution in [0.1, 0.15) is 132 Å². The van der Waals surface area contributed by atoms with Crippen LogP contribution in [0.4, 0.5) is 0 Å². The molecule has 0 unspecified atom stereocenters. The Kier molecular flexibility index (Phi) is 11.2. The molecule has 2 aliphatic heterocycles. The quantitative estimate of drug-likeness (QED) is 0.105. The molecule has 2 saturated heterocycles. The van der Waals surface area contributed by atoms with Gasteiger partial charge < -0.3 is 9.47 Å².